The number of hydrogen-bond donors (Lipinski definition) is 0. The van der Waals surface area contributed by atoms with Crippen molar-refractivity contribution in [1.82, 2.24) is 4.90 Å². The van der Waals surface area contributed by atoms with Gasteiger partial charge in [0.1, 0.15) is 0 Å². The molecule has 20 heavy (non-hydrogen) atoms. The van der Waals surface area contributed by atoms with Gasteiger partial charge in [-0.2, -0.15) is 4.99 Å². The van der Waals surface area contributed by atoms with Gasteiger partial charge in [0.2, 0.25) is 6.41 Å². The molecule has 2 aliphatic rings. The van der Waals surface area contributed by atoms with Crippen LogP contribution in [-0.4, -0.2) is 34.3 Å². The molecular weight excluding hydrogens is 268 g/mol. The van der Waals surface area contributed by atoms with Crippen LogP contribution in [0.1, 0.15) is 54.4 Å². The number of hydrogen-bond acceptors (Lipinski definition) is 2. The molecule has 0 aromatic carbocycles. The van der Waals surface area contributed by atoms with E-state index in [1.54, 1.807) is 11.8 Å². The number of rotatable bonds is 3. The molecule has 0 aromatic rings. The van der Waals surface area contributed by atoms with Crippen LogP contribution in [0.3, 0.4) is 0 Å². The van der Waals surface area contributed by atoms with Crippen LogP contribution in [0.25, 0.3) is 0 Å². The molecule has 3 nitrogen and oxygen atoms in total. The molecule has 1 heterocycles. The van der Waals surface area contributed by atoms with E-state index in [1.165, 1.54) is 12.8 Å². The van der Waals surface area contributed by atoms with Crippen LogP contribution in [0.15, 0.2) is 4.99 Å². The topological polar surface area (TPSA) is 32.7 Å². The molecule has 0 N–H and O–H groups in total. The highest BCUT2D eigenvalue weighted by Crippen LogP contribution is 2.63. The van der Waals surface area contributed by atoms with Crippen molar-refractivity contribution in [2.24, 2.45) is 21.7 Å². The van der Waals surface area contributed by atoms with Gasteiger partial charge < -0.3 is 4.90 Å². The maximum Gasteiger partial charge on any atom is 0.235 e. The second-order valence-corrected chi connectivity index (χ2v) is 8.49. The van der Waals surface area contributed by atoms with Crippen molar-refractivity contribution in [3.8, 4) is 0 Å². The largest absolute Gasteiger partial charge is 0.344 e. The van der Waals surface area contributed by atoms with Gasteiger partial charge in [-0.1, -0.05) is 46.4 Å². The number of thioether (sulfide) groups is 1. The van der Waals surface area contributed by atoms with E-state index in [0.717, 1.165) is 10.9 Å². The third kappa shape index (κ3) is 2.20. The summed E-state index contributed by atoms with van der Waals surface area (Å²) >= 11 is 1.74. The Hall–Kier alpha value is -0.510. The summed E-state index contributed by atoms with van der Waals surface area (Å²) in [6.45, 7) is 13.9. The van der Waals surface area contributed by atoms with E-state index in [9.17, 15) is 4.79 Å². The number of carbonyl (C=O) groups excluding carboxylic acids is 1. The van der Waals surface area contributed by atoms with E-state index in [2.05, 4.69) is 51.4 Å². The SMILES string of the molecule is CC(C)CSC(=NC=O)N1[C@H]2CC[C@@](C)([C@H]1C)C2(C)C. The maximum absolute atomic E-state index is 10.9. The number of aliphatic imine (C=N–C) groups is 1. The standard InChI is InChI=1S/C16H28N2OS/c1-11(2)9-20-14(17-10-19)18-12(3)16(6)8-7-13(18)15(16,4)5/h10-13H,7-9H2,1-6H3/t12-,13+,16+/m1/s1. The summed E-state index contributed by atoms with van der Waals surface area (Å²) in [5.41, 5.74) is 0.605. The average Bonchev–Trinajstić information content (AvgIpc) is 2.67. The van der Waals surface area contributed by atoms with Crippen molar-refractivity contribution in [3.05, 3.63) is 0 Å². The molecule has 2 bridgehead atoms. The molecule has 1 aliphatic heterocycles. The monoisotopic (exact) mass is 296 g/mol. The lowest BCUT2D eigenvalue weighted by Crippen LogP contribution is -2.45. The number of amides is 1. The van der Waals surface area contributed by atoms with Crippen LogP contribution in [0, 0.1) is 16.7 Å². The number of carbonyl (C=O) groups is 1. The Balaban J connectivity index is 2.27. The third-order valence-corrected chi connectivity index (χ3v) is 7.25. The first kappa shape index (κ1) is 15.9. The smallest absolute Gasteiger partial charge is 0.235 e. The van der Waals surface area contributed by atoms with Crippen molar-refractivity contribution >= 4 is 23.3 Å². The van der Waals surface area contributed by atoms with Crippen molar-refractivity contribution in [2.45, 2.75) is 66.5 Å². The fourth-order valence-corrected chi connectivity index (χ4v) is 5.11. The fraction of sp³-hybridized carbons (Fsp3) is 0.875. The number of fused-ring (bicyclic) bond motifs is 2. The molecule has 1 saturated heterocycles. The molecule has 0 spiro atoms. The van der Waals surface area contributed by atoms with Gasteiger partial charge in [0.05, 0.1) is 0 Å². The van der Waals surface area contributed by atoms with Crippen LogP contribution >= 0.6 is 11.8 Å². The van der Waals surface area contributed by atoms with Crippen molar-refractivity contribution in [3.63, 3.8) is 0 Å². The van der Waals surface area contributed by atoms with E-state index >= 15 is 0 Å². The minimum absolute atomic E-state index is 0.286. The highest BCUT2D eigenvalue weighted by atomic mass is 32.2. The minimum Gasteiger partial charge on any atom is -0.344 e. The van der Waals surface area contributed by atoms with Crippen molar-refractivity contribution in [2.75, 3.05) is 5.75 Å². The molecule has 3 atom stereocenters. The molecule has 114 valence electrons. The first-order valence-corrected chi connectivity index (χ1v) is 8.67. The Bertz CT molecular complexity index is 419. The molecule has 1 aliphatic carbocycles. The van der Waals surface area contributed by atoms with Gasteiger partial charge in [-0.15, -0.1) is 0 Å². The first-order chi connectivity index (χ1) is 9.25. The van der Waals surface area contributed by atoms with Crippen LogP contribution in [0.2, 0.25) is 0 Å². The van der Waals surface area contributed by atoms with Gasteiger partial charge in [-0.05, 0) is 36.5 Å². The van der Waals surface area contributed by atoms with Crippen LogP contribution in [0.4, 0.5) is 0 Å². The van der Waals surface area contributed by atoms with Gasteiger partial charge in [0.25, 0.3) is 0 Å². The summed E-state index contributed by atoms with van der Waals surface area (Å²) in [5.74, 6) is 1.62. The molecule has 4 heteroatoms. The van der Waals surface area contributed by atoms with E-state index in [1.807, 2.05) is 0 Å². The minimum atomic E-state index is 0.286. The van der Waals surface area contributed by atoms with Gasteiger partial charge in [0, 0.05) is 17.8 Å². The predicted octanol–water partition coefficient (Wildman–Crippen LogP) is 3.79. The van der Waals surface area contributed by atoms with Gasteiger partial charge in [-0.25, -0.2) is 0 Å². The molecule has 2 rings (SSSR count). The summed E-state index contributed by atoms with van der Waals surface area (Å²) in [6, 6.07) is 0.968. The maximum atomic E-state index is 10.9. The summed E-state index contributed by atoms with van der Waals surface area (Å²) in [7, 11) is 0. The Labute approximate surface area is 127 Å². The van der Waals surface area contributed by atoms with Crippen molar-refractivity contribution in [1.29, 1.82) is 0 Å². The molecule has 2 fully saturated rings. The Morgan fingerprint density at radius 3 is 2.55 bits per heavy atom. The molecule has 0 aromatic heterocycles. The van der Waals surface area contributed by atoms with E-state index in [4.69, 9.17) is 0 Å². The zero-order valence-corrected chi connectivity index (χ0v) is 14.5. The summed E-state index contributed by atoms with van der Waals surface area (Å²) in [6.07, 6.45) is 3.20. The van der Waals surface area contributed by atoms with Crippen molar-refractivity contribution < 1.29 is 4.79 Å². The van der Waals surface area contributed by atoms with Gasteiger partial charge in [-0.3, -0.25) is 4.79 Å². The second-order valence-electron chi connectivity index (χ2n) is 7.50. The third-order valence-electron chi connectivity index (χ3n) is 5.85. The van der Waals surface area contributed by atoms with E-state index in [-0.39, 0.29) is 5.41 Å². The average molecular weight is 296 g/mol. The molecule has 0 unspecified atom stereocenters. The fourth-order valence-electron chi connectivity index (χ4n) is 4.07. The predicted molar refractivity (Wildman–Crippen MR) is 87.0 cm³/mol. The van der Waals surface area contributed by atoms with Gasteiger partial charge >= 0.3 is 0 Å². The lowest BCUT2D eigenvalue weighted by molar-refractivity contribution is -0.106. The van der Waals surface area contributed by atoms with E-state index in [0.29, 0.717) is 29.8 Å². The first-order valence-electron chi connectivity index (χ1n) is 7.68. The Morgan fingerprint density at radius 2 is 2.10 bits per heavy atom. The Morgan fingerprint density at radius 1 is 1.45 bits per heavy atom. The number of amidine groups is 1. The second kappa shape index (κ2) is 5.36. The highest BCUT2D eigenvalue weighted by molar-refractivity contribution is 8.13. The summed E-state index contributed by atoms with van der Waals surface area (Å²) in [5, 5.41) is 0.933. The molecule has 1 amide bonds. The Kier molecular flexibility index (Phi) is 4.25. The number of nitrogens with zero attached hydrogens (tertiary/aromatic N) is 2. The van der Waals surface area contributed by atoms with Crippen LogP contribution in [0.5, 0.6) is 0 Å². The van der Waals surface area contributed by atoms with Gasteiger partial charge in [0.15, 0.2) is 5.17 Å². The normalized spacial score (nSPS) is 36.0. The summed E-state index contributed by atoms with van der Waals surface area (Å²) in [4.78, 5) is 17.5. The molecule has 1 saturated carbocycles. The zero-order chi connectivity index (χ0) is 15.1. The van der Waals surface area contributed by atoms with E-state index < -0.39 is 0 Å². The number of likely N-dealkylation sites (tertiary alicyclic amines) is 1. The number of piperidine rings is 1. The molecular formula is C16H28N2OS. The zero-order valence-electron chi connectivity index (χ0n) is 13.6. The lowest BCUT2D eigenvalue weighted by Gasteiger charge is -2.39. The quantitative estimate of drug-likeness (QED) is 0.451. The highest BCUT2D eigenvalue weighted by Gasteiger charge is 2.64. The lowest BCUT2D eigenvalue weighted by atomic mass is 9.68. The summed E-state index contributed by atoms with van der Waals surface area (Å²) < 4.78 is 0. The van der Waals surface area contributed by atoms with Crippen LogP contribution < -0.4 is 0 Å². The molecule has 0 radical (unpaired) electrons. The van der Waals surface area contributed by atoms with Crippen LogP contribution in [-0.2, 0) is 4.79 Å².